The van der Waals surface area contributed by atoms with Crippen molar-refractivity contribution < 1.29 is 4.79 Å². The summed E-state index contributed by atoms with van der Waals surface area (Å²) in [6.45, 7) is 1.87. The summed E-state index contributed by atoms with van der Waals surface area (Å²) in [4.78, 5) is 23.2. The Bertz CT molecular complexity index is 654. The van der Waals surface area contributed by atoms with Gasteiger partial charge in [-0.25, -0.2) is 4.98 Å². The van der Waals surface area contributed by atoms with E-state index in [1.54, 1.807) is 6.20 Å². The van der Waals surface area contributed by atoms with Crippen LogP contribution in [-0.4, -0.2) is 47.0 Å². The first kappa shape index (κ1) is 17.0. The van der Waals surface area contributed by atoms with E-state index < -0.39 is 0 Å². The average molecular weight is 344 g/mol. The smallest absolute Gasteiger partial charge is 0.226 e. The summed E-state index contributed by atoms with van der Waals surface area (Å²) in [6.07, 6.45) is 6.95. The summed E-state index contributed by atoms with van der Waals surface area (Å²) < 4.78 is 0. The fourth-order valence-electron chi connectivity index (χ4n) is 2.63. The standard InChI is InChI=1S/C18H24N4OS/c1-22(15-7-8-15)11-5-4-10-20-17(23)12-14-13-24-18(21-14)16-6-2-3-9-19-16/h2-3,6,9,13,15H,4-5,7-8,10-12H2,1H3,(H,20,23). The van der Waals surface area contributed by atoms with Crippen LogP contribution in [-0.2, 0) is 11.2 Å². The van der Waals surface area contributed by atoms with Crippen molar-refractivity contribution in [3.05, 3.63) is 35.5 Å². The van der Waals surface area contributed by atoms with Crippen LogP contribution in [0.1, 0.15) is 31.4 Å². The fraction of sp³-hybridized carbons (Fsp3) is 0.500. The van der Waals surface area contributed by atoms with Crippen LogP contribution in [0.15, 0.2) is 29.8 Å². The molecular weight excluding hydrogens is 320 g/mol. The topological polar surface area (TPSA) is 58.1 Å². The van der Waals surface area contributed by atoms with Gasteiger partial charge in [-0.15, -0.1) is 11.3 Å². The Balaban J connectivity index is 1.35. The first-order valence-electron chi connectivity index (χ1n) is 8.55. The van der Waals surface area contributed by atoms with Gasteiger partial charge in [0.1, 0.15) is 5.01 Å². The Morgan fingerprint density at radius 2 is 2.25 bits per heavy atom. The van der Waals surface area contributed by atoms with Gasteiger partial charge in [0.25, 0.3) is 0 Å². The molecule has 3 rings (SSSR count). The number of nitrogens with one attached hydrogen (secondary N) is 1. The molecule has 1 fully saturated rings. The Kier molecular flexibility index (Phi) is 5.93. The summed E-state index contributed by atoms with van der Waals surface area (Å²) in [6, 6.07) is 6.57. The van der Waals surface area contributed by atoms with Gasteiger partial charge in [-0.05, 0) is 51.4 Å². The van der Waals surface area contributed by atoms with Gasteiger partial charge in [-0.2, -0.15) is 0 Å². The average Bonchev–Trinajstić information content (AvgIpc) is 3.35. The van der Waals surface area contributed by atoms with Crippen LogP contribution in [0.25, 0.3) is 10.7 Å². The van der Waals surface area contributed by atoms with Gasteiger partial charge in [0.05, 0.1) is 17.8 Å². The van der Waals surface area contributed by atoms with Gasteiger partial charge in [0.15, 0.2) is 0 Å². The largest absolute Gasteiger partial charge is 0.356 e. The molecule has 0 saturated heterocycles. The Morgan fingerprint density at radius 3 is 3.00 bits per heavy atom. The number of unbranched alkanes of at least 4 members (excludes halogenated alkanes) is 1. The van der Waals surface area contributed by atoms with Crippen LogP contribution in [0.2, 0.25) is 0 Å². The lowest BCUT2D eigenvalue weighted by Crippen LogP contribution is -2.27. The van der Waals surface area contributed by atoms with E-state index in [4.69, 9.17) is 0 Å². The molecule has 0 aromatic carbocycles. The predicted molar refractivity (Wildman–Crippen MR) is 96.9 cm³/mol. The zero-order valence-electron chi connectivity index (χ0n) is 14.1. The second-order valence-electron chi connectivity index (χ2n) is 6.30. The SMILES string of the molecule is CN(CCCCNC(=O)Cc1csc(-c2ccccn2)n1)C1CC1. The lowest BCUT2D eigenvalue weighted by molar-refractivity contribution is -0.120. The molecule has 1 N–H and O–H groups in total. The van der Waals surface area contributed by atoms with E-state index in [0.717, 1.165) is 48.4 Å². The highest BCUT2D eigenvalue weighted by molar-refractivity contribution is 7.13. The number of aromatic nitrogens is 2. The molecule has 2 aromatic heterocycles. The zero-order chi connectivity index (χ0) is 16.8. The molecular formula is C18H24N4OS. The molecule has 1 aliphatic rings. The van der Waals surface area contributed by atoms with Crippen LogP contribution in [0.3, 0.4) is 0 Å². The quantitative estimate of drug-likeness (QED) is 0.711. The van der Waals surface area contributed by atoms with Crippen LogP contribution in [0.4, 0.5) is 0 Å². The van der Waals surface area contributed by atoms with Crippen molar-refractivity contribution in [1.82, 2.24) is 20.2 Å². The third-order valence-electron chi connectivity index (χ3n) is 4.21. The Hall–Kier alpha value is -1.79. The molecule has 0 spiro atoms. The lowest BCUT2D eigenvalue weighted by Gasteiger charge is -2.15. The van der Waals surface area contributed by atoms with Crippen LogP contribution >= 0.6 is 11.3 Å². The molecule has 0 aliphatic heterocycles. The summed E-state index contributed by atoms with van der Waals surface area (Å²) in [5.41, 5.74) is 1.67. The van der Waals surface area contributed by atoms with Gasteiger partial charge in [-0.3, -0.25) is 9.78 Å². The van der Waals surface area contributed by atoms with Gasteiger partial charge in [0.2, 0.25) is 5.91 Å². The molecule has 1 amide bonds. The molecule has 128 valence electrons. The molecule has 0 radical (unpaired) electrons. The maximum Gasteiger partial charge on any atom is 0.226 e. The number of amides is 1. The monoisotopic (exact) mass is 344 g/mol. The normalized spacial score (nSPS) is 14.1. The van der Waals surface area contributed by atoms with Gasteiger partial charge >= 0.3 is 0 Å². The zero-order valence-corrected chi connectivity index (χ0v) is 14.9. The number of nitrogens with zero attached hydrogens (tertiary/aromatic N) is 3. The van der Waals surface area contributed by atoms with Gasteiger partial charge in [0, 0.05) is 24.2 Å². The number of carbonyl (C=O) groups is 1. The van der Waals surface area contributed by atoms with E-state index >= 15 is 0 Å². The van der Waals surface area contributed by atoms with Crippen molar-refractivity contribution in [3.8, 4) is 10.7 Å². The van der Waals surface area contributed by atoms with E-state index in [1.165, 1.54) is 24.2 Å². The third kappa shape index (κ3) is 5.11. The van der Waals surface area contributed by atoms with E-state index in [1.807, 2.05) is 23.6 Å². The highest BCUT2D eigenvalue weighted by Crippen LogP contribution is 2.25. The minimum atomic E-state index is 0.0448. The number of rotatable bonds is 9. The maximum absolute atomic E-state index is 12.0. The van der Waals surface area contributed by atoms with Gasteiger partial charge < -0.3 is 10.2 Å². The summed E-state index contributed by atoms with van der Waals surface area (Å²) in [7, 11) is 2.19. The molecule has 24 heavy (non-hydrogen) atoms. The van der Waals surface area contributed by atoms with Crippen LogP contribution < -0.4 is 5.32 Å². The van der Waals surface area contributed by atoms with Crippen molar-refractivity contribution in [2.24, 2.45) is 0 Å². The second-order valence-corrected chi connectivity index (χ2v) is 7.16. The fourth-order valence-corrected chi connectivity index (χ4v) is 3.43. The maximum atomic E-state index is 12.0. The summed E-state index contributed by atoms with van der Waals surface area (Å²) in [5, 5.41) is 5.79. The molecule has 6 heteroatoms. The van der Waals surface area contributed by atoms with E-state index in [-0.39, 0.29) is 5.91 Å². The van der Waals surface area contributed by atoms with Crippen molar-refractivity contribution >= 4 is 17.2 Å². The number of hydrogen-bond acceptors (Lipinski definition) is 5. The molecule has 5 nitrogen and oxygen atoms in total. The molecule has 2 aromatic rings. The van der Waals surface area contributed by atoms with Crippen LogP contribution in [0.5, 0.6) is 0 Å². The molecule has 0 atom stereocenters. The second kappa shape index (κ2) is 8.35. The van der Waals surface area contributed by atoms with Gasteiger partial charge in [-0.1, -0.05) is 6.07 Å². The Morgan fingerprint density at radius 1 is 1.38 bits per heavy atom. The summed E-state index contributed by atoms with van der Waals surface area (Å²) in [5.74, 6) is 0.0448. The molecule has 0 unspecified atom stereocenters. The Labute approximate surface area is 147 Å². The molecule has 1 saturated carbocycles. The predicted octanol–water partition coefficient (Wildman–Crippen LogP) is 2.74. The summed E-state index contributed by atoms with van der Waals surface area (Å²) >= 11 is 1.53. The first-order chi connectivity index (χ1) is 11.7. The van der Waals surface area contributed by atoms with Crippen molar-refractivity contribution in [2.75, 3.05) is 20.1 Å². The van der Waals surface area contributed by atoms with E-state index in [2.05, 4.69) is 27.2 Å². The highest BCUT2D eigenvalue weighted by Gasteiger charge is 2.25. The van der Waals surface area contributed by atoms with E-state index in [0.29, 0.717) is 6.42 Å². The van der Waals surface area contributed by atoms with Crippen LogP contribution in [0, 0.1) is 0 Å². The minimum absolute atomic E-state index is 0.0448. The number of carbonyl (C=O) groups excluding carboxylic acids is 1. The minimum Gasteiger partial charge on any atom is -0.356 e. The van der Waals surface area contributed by atoms with E-state index in [9.17, 15) is 4.79 Å². The molecule has 1 aliphatic carbocycles. The number of hydrogen-bond donors (Lipinski definition) is 1. The lowest BCUT2D eigenvalue weighted by atomic mass is 10.2. The van der Waals surface area contributed by atoms with Crippen molar-refractivity contribution in [1.29, 1.82) is 0 Å². The number of pyridine rings is 1. The van der Waals surface area contributed by atoms with Crippen molar-refractivity contribution in [2.45, 2.75) is 38.1 Å². The number of thiazole rings is 1. The van der Waals surface area contributed by atoms with Crippen molar-refractivity contribution in [3.63, 3.8) is 0 Å². The highest BCUT2D eigenvalue weighted by atomic mass is 32.1. The molecule has 0 bridgehead atoms. The molecule has 2 heterocycles. The first-order valence-corrected chi connectivity index (χ1v) is 9.43. The third-order valence-corrected chi connectivity index (χ3v) is 5.12.